The first-order valence-corrected chi connectivity index (χ1v) is 12.8. The van der Waals surface area contributed by atoms with Crippen LogP contribution in [-0.4, -0.2) is 30.7 Å². The Morgan fingerprint density at radius 3 is 2.39 bits per heavy atom. The highest BCUT2D eigenvalue weighted by Crippen LogP contribution is 2.22. The average molecular weight is 498 g/mol. The number of hydrogen-bond acceptors (Lipinski definition) is 4. The lowest BCUT2D eigenvalue weighted by Gasteiger charge is -2.16. The van der Waals surface area contributed by atoms with E-state index in [9.17, 15) is 4.79 Å². The largest absolute Gasteiger partial charge is 0.283 e. The number of fused-ring (bicyclic) bond motifs is 3. The van der Waals surface area contributed by atoms with Crippen molar-refractivity contribution in [1.82, 2.24) is 23.6 Å². The number of rotatable bonds is 7. The molecule has 0 amide bonds. The lowest BCUT2D eigenvalue weighted by Crippen LogP contribution is -2.23. The van der Waals surface area contributed by atoms with E-state index in [2.05, 4.69) is 62.1 Å². The summed E-state index contributed by atoms with van der Waals surface area (Å²) in [4.78, 5) is 15.9. The molecule has 0 fully saturated rings. The molecular weight excluding hydrogens is 466 g/mol. The molecule has 184 valence electrons. The Labute approximate surface area is 216 Å². The number of hydrogen-bond donors (Lipinski definition) is 0. The molecule has 0 saturated carbocycles. The van der Waals surface area contributed by atoms with Crippen molar-refractivity contribution in [1.29, 1.82) is 0 Å². The van der Waals surface area contributed by atoms with Gasteiger partial charge in [-0.1, -0.05) is 67.9 Å². The van der Waals surface area contributed by atoms with Crippen LogP contribution in [0.1, 0.15) is 42.9 Å². The monoisotopic (exact) mass is 497 g/mol. The maximum absolute atomic E-state index is 13.7. The SMILES string of the molecule is CC[C@H](C)c1ccc(-n2c(=O)c3ccccc3n3c(=S)n(CN(C)Cc4ccc(C)cc4)nc23)cc1. The first-order chi connectivity index (χ1) is 17.4. The van der Waals surface area contributed by atoms with Gasteiger partial charge in [-0.3, -0.25) is 14.1 Å². The van der Waals surface area contributed by atoms with E-state index in [-0.39, 0.29) is 5.56 Å². The van der Waals surface area contributed by atoms with Crippen LogP contribution < -0.4 is 5.56 Å². The summed E-state index contributed by atoms with van der Waals surface area (Å²) in [5, 5.41) is 5.48. The second kappa shape index (κ2) is 9.84. The molecular formula is C29H31N5OS. The van der Waals surface area contributed by atoms with Gasteiger partial charge in [-0.25, -0.2) is 9.25 Å². The molecule has 5 rings (SSSR count). The number of benzene rings is 3. The van der Waals surface area contributed by atoms with Gasteiger partial charge in [0.25, 0.3) is 5.56 Å². The Balaban J connectivity index is 1.62. The summed E-state index contributed by atoms with van der Waals surface area (Å²) in [6.07, 6.45) is 1.06. The molecule has 2 heterocycles. The van der Waals surface area contributed by atoms with Crippen molar-refractivity contribution in [2.75, 3.05) is 7.05 Å². The van der Waals surface area contributed by atoms with Gasteiger partial charge in [0.15, 0.2) is 0 Å². The molecule has 0 aliphatic carbocycles. The van der Waals surface area contributed by atoms with E-state index in [1.54, 1.807) is 9.25 Å². The molecule has 0 unspecified atom stereocenters. The molecule has 6 nitrogen and oxygen atoms in total. The smallest absolute Gasteiger partial charge is 0.267 e. The first kappa shape index (κ1) is 24.2. The average Bonchev–Trinajstić information content (AvgIpc) is 3.20. The van der Waals surface area contributed by atoms with E-state index in [4.69, 9.17) is 17.3 Å². The fraction of sp³-hybridized carbons (Fsp3) is 0.276. The molecule has 0 bridgehead atoms. The maximum atomic E-state index is 13.7. The van der Waals surface area contributed by atoms with Crippen molar-refractivity contribution in [3.8, 4) is 5.69 Å². The lowest BCUT2D eigenvalue weighted by molar-refractivity contribution is 0.244. The zero-order valence-corrected chi connectivity index (χ0v) is 22.0. The van der Waals surface area contributed by atoms with Gasteiger partial charge in [-0.15, -0.1) is 5.10 Å². The molecule has 0 saturated heterocycles. The van der Waals surface area contributed by atoms with Crippen molar-refractivity contribution >= 4 is 28.9 Å². The minimum Gasteiger partial charge on any atom is -0.283 e. The van der Waals surface area contributed by atoms with Crippen LogP contribution in [0.2, 0.25) is 0 Å². The van der Waals surface area contributed by atoms with E-state index in [0.29, 0.717) is 28.5 Å². The Morgan fingerprint density at radius 1 is 1.00 bits per heavy atom. The van der Waals surface area contributed by atoms with E-state index < -0.39 is 0 Å². The molecule has 0 N–H and O–H groups in total. The van der Waals surface area contributed by atoms with Gasteiger partial charge in [-0.2, -0.15) is 0 Å². The summed E-state index contributed by atoms with van der Waals surface area (Å²) in [5.41, 5.74) is 5.17. The molecule has 3 aromatic carbocycles. The van der Waals surface area contributed by atoms with Crippen LogP contribution in [0.15, 0.2) is 77.6 Å². The van der Waals surface area contributed by atoms with E-state index in [1.165, 1.54) is 16.7 Å². The lowest BCUT2D eigenvalue weighted by atomic mass is 9.98. The van der Waals surface area contributed by atoms with Crippen molar-refractivity contribution in [3.05, 3.63) is 105 Å². The summed E-state index contributed by atoms with van der Waals surface area (Å²) in [6.45, 7) is 7.75. The Hall–Kier alpha value is -3.55. The quantitative estimate of drug-likeness (QED) is 0.256. The van der Waals surface area contributed by atoms with E-state index in [1.807, 2.05) is 47.8 Å². The number of para-hydroxylation sites is 1. The van der Waals surface area contributed by atoms with Gasteiger partial charge in [0.1, 0.15) is 0 Å². The summed E-state index contributed by atoms with van der Waals surface area (Å²) in [6, 6.07) is 24.3. The van der Waals surface area contributed by atoms with Gasteiger partial charge < -0.3 is 0 Å². The van der Waals surface area contributed by atoms with Crippen LogP contribution in [0.3, 0.4) is 0 Å². The molecule has 0 radical (unpaired) electrons. The van der Waals surface area contributed by atoms with Crippen LogP contribution in [0, 0.1) is 11.7 Å². The molecule has 0 spiro atoms. The van der Waals surface area contributed by atoms with Crippen molar-refractivity contribution in [3.63, 3.8) is 0 Å². The molecule has 2 aromatic heterocycles. The molecule has 0 aliphatic rings. The number of aromatic nitrogens is 4. The van der Waals surface area contributed by atoms with E-state index >= 15 is 0 Å². The highest BCUT2D eigenvalue weighted by atomic mass is 32.1. The third kappa shape index (κ3) is 4.40. The molecule has 1 atom stereocenters. The summed E-state index contributed by atoms with van der Waals surface area (Å²) >= 11 is 5.90. The second-order valence-electron chi connectivity index (χ2n) is 9.62. The summed E-state index contributed by atoms with van der Waals surface area (Å²) < 4.78 is 5.94. The van der Waals surface area contributed by atoms with Crippen LogP contribution in [0.25, 0.3) is 22.4 Å². The maximum Gasteiger partial charge on any atom is 0.267 e. The molecule has 7 heteroatoms. The Kier molecular flexibility index (Phi) is 6.60. The third-order valence-electron chi connectivity index (χ3n) is 6.88. The minimum absolute atomic E-state index is 0.102. The predicted octanol–water partition coefficient (Wildman–Crippen LogP) is 6.08. The fourth-order valence-electron chi connectivity index (χ4n) is 4.61. The normalized spacial score (nSPS) is 12.6. The van der Waals surface area contributed by atoms with E-state index in [0.717, 1.165) is 24.2 Å². The van der Waals surface area contributed by atoms with Crippen LogP contribution in [0.5, 0.6) is 0 Å². The summed E-state index contributed by atoms with van der Waals surface area (Å²) in [7, 11) is 2.05. The van der Waals surface area contributed by atoms with Gasteiger partial charge >= 0.3 is 0 Å². The Bertz CT molecular complexity index is 1640. The van der Waals surface area contributed by atoms with Crippen molar-refractivity contribution in [2.45, 2.75) is 46.3 Å². The molecule has 0 aliphatic heterocycles. The predicted molar refractivity (Wildman–Crippen MR) is 148 cm³/mol. The molecule has 36 heavy (non-hydrogen) atoms. The van der Waals surface area contributed by atoms with Crippen molar-refractivity contribution < 1.29 is 0 Å². The zero-order chi connectivity index (χ0) is 25.4. The highest BCUT2D eigenvalue weighted by molar-refractivity contribution is 7.71. The van der Waals surface area contributed by atoms with Gasteiger partial charge in [0.2, 0.25) is 10.5 Å². The standard InChI is InChI=1S/C29H31N5OS/c1-5-21(3)23-14-16-24(17-15-23)33-27(35)25-8-6-7-9-26(25)34-28(33)30-32(29(34)36)19-31(4)18-22-12-10-20(2)11-13-22/h6-17,21H,5,18-19H2,1-4H3/t21-/m0/s1. The van der Waals surface area contributed by atoms with Crippen LogP contribution >= 0.6 is 12.2 Å². The van der Waals surface area contributed by atoms with Crippen LogP contribution in [0.4, 0.5) is 0 Å². The van der Waals surface area contributed by atoms with Gasteiger partial charge in [-0.05, 0) is 73.9 Å². The first-order valence-electron chi connectivity index (χ1n) is 12.3. The minimum atomic E-state index is -0.102. The van der Waals surface area contributed by atoms with Gasteiger partial charge in [0.05, 0.1) is 23.3 Å². The summed E-state index contributed by atoms with van der Waals surface area (Å²) in [5.74, 6) is 0.980. The van der Waals surface area contributed by atoms with Crippen molar-refractivity contribution in [2.24, 2.45) is 0 Å². The Morgan fingerprint density at radius 2 is 1.69 bits per heavy atom. The zero-order valence-electron chi connectivity index (χ0n) is 21.2. The van der Waals surface area contributed by atoms with Crippen LogP contribution in [-0.2, 0) is 13.2 Å². The fourth-order valence-corrected chi connectivity index (χ4v) is 4.89. The third-order valence-corrected chi connectivity index (χ3v) is 7.28. The number of nitrogens with zero attached hydrogens (tertiary/aromatic N) is 5. The number of aryl methyl sites for hydroxylation is 1. The highest BCUT2D eigenvalue weighted by Gasteiger charge is 2.18. The topological polar surface area (TPSA) is 47.5 Å². The van der Waals surface area contributed by atoms with Gasteiger partial charge in [0, 0.05) is 6.54 Å². The second-order valence-corrected chi connectivity index (χ2v) is 9.98. The molecule has 5 aromatic rings.